The predicted molar refractivity (Wildman–Crippen MR) is 293 cm³/mol. The van der Waals surface area contributed by atoms with Crippen LogP contribution in [0.15, 0.2) is 48.5 Å². The standard InChI is InChI=1S/C54H70N8O6S4/c1-31(55-7)49(69)57-37-21-25-71-41-29-53(3,4)45(61(41)51(37)65)47(63)59-43-35-19-13-11-17-33(35)27-39(43)67-23-15-9-10-16-24-68-40-28-34-18-12-14-20-36(34)44(40)60-48(64)46-54(5,6)30-42-62(46)52(66)38(22-26-72-42)58-50(70)32(2)56-8/h11-14,17-20,31-32,37-46,55-56H,21-30H2,1-8H3,(H,57,69)(H,58,70)(H,59,63)(H,60,64)/t31?,32?,37-,38-,39+,40+,41-,42-,43-,44-,45+,46+/m0/s1. The molecule has 2 aromatic rings. The number of carbonyl (C=O) groups excluding carboxylic acids is 4. The van der Waals surface area contributed by atoms with E-state index in [1.807, 2.05) is 74.1 Å². The average molecular weight is 1060 g/mol. The zero-order valence-corrected chi connectivity index (χ0v) is 45.9. The molecule has 4 saturated heterocycles. The van der Waals surface area contributed by atoms with E-state index in [1.165, 1.54) is 0 Å². The summed E-state index contributed by atoms with van der Waals surface area (Å²) >= 11 is 14.7. The summed E-state index contributed by atoms with van der Waals surface area (Å²) < 4.78 is 12.8. The summed E-state index contributed by atoms with van der Waals surface area (Å²) in [6, 6.07) is 12.6. The number of hydrogen-bond acceptors (Lipinski definition) is 12. The smallest absolute Gasteiger partial charge is 0.246 e. The van der Waals surface area contributed by atoms with Crippen LogP contribution in [0.3, 0.4) is 0 Å². The summed E-state index contributed by atoms with van der Waals surface area (Å²) in [4.78, 5) is 62.5. The van der Waals surface area contributed by atoms with Crippen LogP contribution in [0.25, 0.3) is 0 Å². The largest absolute Gasteiger partial charge is 0.367 e. The third kappa shape index (κ3) is 11.5. The molecule has 8 rings (SSSR count). The normalized spacial score (nSPS) is 29.6. The van der Waals surface area contributed by atoms with Gasteiger partial charge >= 0.3 is 0 Å². The molecule has 0 bridgehead atoms. The van der Waals surface area contributed by atoms with E-state index < -0.39 is 47.1 Å². The summed E-state index contributed by atoms with van der Waals surface area (Å²) in [6.45, 7) is 12.4. The second-order valence-electron chi connectivity index (χ2n) is 21.1. The van der Waals surface area contributed by atoms with Gasteiger partial charge in [0.2, 0.25) is 23.6 Å². The van der Waals surface area contributed by atoms with Crippen LogP contribution in [0.1, 0.15) is 102 Å². The van der Waals surface area contributed by atoms with E-state index in [0.29, 0.717) is 48.5 Å². The van der Waals surface area contributed by atoms with E-state index in [0.717, 1.165) is 33.8 Å². The van der Waals surface area contributed by atoms with Gasteiger partial charge in [0.05, 0.1) is 57.1 Å². The van der Waals surface area contributed by atoms with Crippen LogP contribution in [-0.2, 0) is 41.5 Å². The third-order valence-corrected chi connectivity index (χ3v) is 18.8. The van der Waals surface area contributed by atoms with Gasteiger partial charge in [0.15, 0.2) is 0 Å². The van der Waals surface area contributed by atoms with Gasteiger partial charge in [-0.2, -0.15) is 0 Å². The van der Waals surface area contributed by atoms with Crippen molar-refractivity contribution in [1.82, 2.24) is 41.7 Å². The van der Waals surface area contributed by atoms with Gasteiger partial charge in [-0.3, -0.25) is 19.2 Å². The van der Waals surface area contributed by atoms with Crippen LogP contribution in [0.2, 0.25) is 0 Å². The Hall–Kier alpha value is -4.24. The first-order valence-electron chi connectivity index (χ1n) is 25.2. The summed E-state index contributed by atoms with van der Waals surface area (Å²) in [5.74, 6) is 12.8. The van der Waals surface area contributed by atoms with E-state index in [2.05, 4.69) is 95.4 Å². The van der Waals surface area contributed by atoms with Gasteiger partial charge in [-0.05, 0) is 110 Å². The molecule has 4 heterocycles. The lowest BCUT2D eigenvalue weighted by atomic mass is 9.83. The Morgan fingerprint density at radius 2 is 1.06 bits per heavy atom. The zero-order valence-electron chi connectivity index (χ0n) is 42.6. The highest BCUT2D eigenvalue weighted by molar-refractivity contribution is 8.00. The molecule has 2 aliphatic carbocycles. The topological polar surface area (TPSA) is 165 Å². The zero-order chi connectivity index (χ0) is 51.5. The van der Waals surface area contributed by atoms with Gasteiger partial charge in [0, 0.05) is 12.8 Å². The Bertz CT molecular complexity index is 2370. The molecule has 72 heavy (non-hydrogen) atoms. The number of ether oxygens (including phenoxy) is 2. The fraction of sp³-hybridized carbons (Fsp3) is 0.593. The van der Waals surface area contributed by atoms with Crippen molar-refractivity contribution in [1.29, 1.82) is 0 Å². The molecule has 6 N–H and O–H groups in total. The minimum absolute atomic E-state index is 0.0929. The highest BCUT2D eigenvalue weighted by atomic mass is 32.2. The van der Waals surface area contributed by atoms with Crippen LogP contribution in [-0.4, -0.2) is 141 Å². The monoisotopic (exact) mass is 1050 g/mol. The number of nitrogens with one attached hydrogen (secondary N) is 6. The molecule has 14 nitrogen and oxygen atoms in total. The minimum atomic E-state index is -0.680. The van der Waals surface area contributed by atoms with Crippen LogP contribution in [0, 0.1) is 34.5 Å². The van der Waals surface area contributed by atoms with Gasteiger partial charge in [0.1, 0.15) is 37.4 Å². The number of nitrogens with zero attached hydrogens (tertiary/aromatic N) is 2. The van der Waals surface area contributed by atoms with Gasteiger partial charge in [0.25, 0.3) is 0 Å². The van der Waals surface area contributed by atoms with Crippen LogP contribution in [0.5, 0.6) is 0 Å². The van der Waals surface area contributed by atoms with Crippen LogP contribution < -0.4 is 31.9 Å². The molecule has 0 aromatic heterocycles. The third-order valence-electron chi connectivity index (χ3n) is 15.3. The number of carbonyl (C=O) groups is 4. The van der Waals surface area contributed by atoms with Gasteiger partial charge in [-0.1, -0.05) is 113 Å². The van der Waals surface area contributed by atoms with E-state index in [-0.39, 0.29) is 71.9 Å². The molecule has 18 heteroatoms. The Labute approximate surface area is 444 Å². The number of thiocarbonyl (C=S) groups is 2. The number of hydrogen-bond donors (Lipinski definition) is 6. The molecule has 4 fully saturated rings. The maximum absolute atomic E-state index is 14.6. The molecule has 12 atom stereocenters. The van der Waals surface area contributed by atoms with E-state index >= 15 is 0 Å². The molecule has 4 aliphatic heterocycles. The quantitative estimate of drug-likeness (QED) is 0.115. The molecule has 0 saturated carbocycles. The second-order valence-corrected chi connectivity index (χ2v) is 24.6. The van der Waals surface area contributed by atoms with Gasteiger partial charge in [-0.15, -0.1) is 23.5 Å². The van der Waals surface area contributed by atoms with Crippen LogP contribution in [0.4, 0.5) is 0 Å². The molecule has 6 aliphatic rings. The fourth-order valence-corrected chi connectivity index (χ4v) is 14.9. The van der Waals surface area contributed by atoms with Crippen molar-refractivity contribution < 1.29 is 28.7 Å². The average Bonchev–Trinajstić information content (AvgIpc) is 3.99. The lowest BCUT2D eigenvalue weighted by Crippen LogP contribution is -2.58. The Balaban J connectivity index is 0.889. The van der Waals surface area contributed by atoms with Crippen molar-refractivity contribution in [3.8, 4) is 23.7 Å². The number of amides is 4. The van der Waals surface area contributed by atoms with Gasteiger partial charge in [-0.25, -0.2) is 0 Å². The molecule has 386 valence electrons. The molecule has 2 aromatic carbocycles. The highest BCUT2D eigenvalue weighted by Crippen LogP contribution is 2.48. The van der Waals surface area contributed by atoms with Crippen molar-refractivity contribution in [2.75, 3.05) is 38.8 Å². The lowest BCUT2D eigenvalue weighted by Gasteiger charge is -2.35. The predicted octanol–water partition coefficient (Wildman–Crippen LogP) is 4.56. The first kappa shape index (κ1) is 54.0. The van der Waals surface area contributed by atoms with E-state index in [1.54, 1.807) is 23.5 Å². The Morgan fingerprint density at radius 1 is 0.667 bits per heavy atom. The van der Waals surface area contributed by atoms with Gasteiger partial charge < -0.3 is 51.2 Å². The van der Waals surface area contributed by atoms with Crippen molar-refractivity contribution in [3.05, 3.63) is 70.8 Å². The van der Waals surface area contributed by atoms with Crippen molar-refractivity contribution >= 4 is 81.6 Å². The summed E-state index contributed by atoms with van der Waals surface area (Å²) in [7, 11) is 3.67. The number of likely N-dealkylation sites (N-methyl/N-ethyl adjacent to an activating group) is 2. The Morgan fingerprint density at radius 3 is 1.44 bits per heavy atom. The maximum atomic E-state index is 14.6. The van der Waals surface area contributed by atoms with E-state index in [4.69, 9.17) is 33.9 Å². The lowest BCUT2D eigenvalue weighted by molar-refractivity contribution is -0.143. The molecule has 2 unspecified atom stereocenters. The summed E-state index contributed by atoms with van der Waals surface area (Å²) in [5.41, 5.74) is 3.23. The SMILES string of the molecule is CNC(C)C(=S)N[C@H]1CCS[C@H]2CC(C)(C)[C@@H](C(=O)N[C@H]3c4ccccc4C[C@H]3OCC#CC#CCO[C@@H]3Cc4ccccc4[C@@H]3NC(=O)[C@H]3N4C(=O)[C@@H](NC(=S)C(C)NC)CCS[C@H]4CC3(C)C)N2C1=O. The number of rotatable bonds is 14. The highest BCUT2D eigenvalue weighted by Gasteiger charge is 2.57. The number of benzene rings is 2. The Kier molecular flexibility index (Phi) is 17.3. The summed E-state index contributed by atoms with van der Waals surface area (Å²) in [6.07, 6.45) is 3.09. The summed E-state index contributed by atoms with van der Waals surface area (Å²) in [5, 5.41) is 19.3. The number of thioether (sulfide) groups is 2. The fourth-order valence-electron chi connectivity index (χ4n) is 11.2. The first-order chi connectivity index (χ1) is 34.4. The molecule has 0 radical (unpaired) electrons. The van der Waals surface area contributed by atoms with Crippen molar-refractivity contribution in [3.63, 3.8) is 0 Å². The molecular weight excluding hydrogens is 985 g/mol. The minimum Gasteiger partial charge on any atom is -0.367 e. The second kappa shape index (κ2) is 23.1. The van der Waals surface area contributed by atoms with Crippen molar-refractivity contribution in [2.45, 2.75) is 151 Å². The first-order valence-corrected chi connectivity index (χ1v) is 28.1. The molecule has 0 spiro atoms. The maximum Gasteiger partial charge on any atom is 0.246 e. The van der Waals surface area contributed by atoms with Crippen molar-refractivity contribution in [2.24, 2.45) is 10.8 Å². The van der Waals surface area contributed by atoms with Crippen LogP contribution >= 0.6 is 48.0 Å². The van der Waals surface area contributed by atoms with E-state index in [9.17, 15) is 19.2 Å². The number of fused-ring (bicyclic) bond motifs is 4. The molecular formula is C54H70N8O6S4. The molecule has 4 amide bonds.